The number of hydrogen-bond donors (Lipinski definition) is 1. The molecule has 0 saturated heterocycles. The number of rotatable bonds is 7. The fraction of sp³-hybridized carbons (Fsp3) is 0.167. The Balaban J connectivity index is 2.00. The minimum atomic E-state index is -4.03. The summed E-state index contributed by atoms with van der Waals surface area (Å²) in [6.45, 7) is 3.16. The Bertz CT molecular complexity index is 1240. The van der Waals surface area contributed by atoms with E-state index in [0.29, 0.717) is 11.3 Å². The molecule has 3 aromatic rings. The van der Waals surface area contributed by atoms with Crippen molar-refractivity contribution in [2.24, 2.45) is 0 Å². The van der Waals surface area contributed by atoms with Crippen molar-refractivity contribution in [3.63, 3.8) is 0 Å². The predicted octanol–water partition coefficient (Wildman–Crippen LogP) is 3.92. The molecule has 0 atom stereocenters. The second-order valence-electron chi connectivity index (χ2n) is 7.20. The number of benzene rings is 3. The van der Waals surface area contributed by atoms with Gasteiger partial charge in [-0.2, -0.15) is 0 Å². The SMILES string of the molecule is COC(=O)c1ccccc1NC(=O)CN(c1cc(C)ccc1C)S(=O)(=O)c1ccccc1. The van der Waals surface area contributed by atoms with Gasteiger partial charge in [0.1, 0.15) is 6.54 Å². The summed E-state index contributed by atoms with van der Waals surface area (Å²) < 4.78 is 32.8. The molecule has 166 valence electrons. The average Bonchev–Trinajstić information content (AvgIpc) is 2.79. The van der Waals surface area contributed by atoms with Crippen LogP contribution in [0.1, 0.15) is 21.5 Å². The molecule has 1 amide bonds. The van der Waals surface area contributed by atoms with E-state index in [2.05, 4.69) is 5.32 Å². The lowest BCUT2D eigenvalue weighted by Gasteiger charge is -2.26. The van der Waals surface area contributed by atoms with Gasteiger partial charge in [-0.15, -0.1) is 0 Å². The average molecular weight is 453 g/mol. The number of sulfonamides is 1. The number of aryl methyl sites for hydroxylation is 2. The molecule has 7 nitrogen and oxygen atoms in total. The van der Waals surface area contributed by atoms with E-state index in [1.165, 1.54) is 25.3 Å². The fourth-order valence-electron chi connectivity index (χ4n) is 3.21. The zero-order valence-electron chi connectivity index (χ0n) is 18.0. The van der Waals surface area contributed by atoms with Crippen molar-refractivity contribution in [2.45, 2.75) is 18.7 Å². The molecule has 0 aliphatic heterocycles. The van der Waals surface area contributed by atoms with E-state index in [1.807, 2.05) is 19.1 Å². The number of carbonyl (C=O) groups excluding carboxylic acids is 2. The lowest BCUT2D eigenvalue weighted by Crippen LogP contribution is -2.38. The van der Waals surface area contributed by atoms with Gasteiger partial charge in [0.2, 0.25) is 5.91 Å². The number of nitrogens with one attached hydrogen (secondary N) is 1. The van der Waals surface area contributed by atoms with Gasteiger partial charge in [0, 0.05) is 0 Å². The summed E-state index contributed by atoms with van der Waals surface area (Å²) >= 11 is 0. The quantitative estimate of drug-likeness (QED) is 0.549. The number of ether oxygens (including phenoxy) is 1. The molecule has 0 bridgehead atoms. The molecule has 0 aliphatic carbocycles. The van der Waals surface area contributed by atoms with E-state index < -0.39 is 28.4 Å². The minimum Gasteiger partial charge on any atom is -0.465 e. The highest BCUT2D eigenvalue weighted by Crippen LogP contribution is 2.28. The third kappa shape index (κ3) is 4.97. The van der Waals surface area contributed by atoms with Crippen LogP contribution in [0.2, 0.25) is 0 Å². The maximum absolute atomic E-state index is 13.5. The molecule has 0 aromatic heterocycles. The van der Waals surface area contributed by atoms with Crippen molar-refractivity contribution in [1.29, 1.82) is 0 Å². The third-order valence-corrected chi connectivity index (χ3v) is 6.63. The Hall–Kier alpha value is -3.65. The number of para-hydroxylation sites is 1. The number of carbonyl (C=O) groups is 2. The molecular formula is C24H24N2O5S. The molecular weight excluding hydrogens is 428 g/mol. The van der Waals surface area contributed by atoms with Gasteiger partial charge in [-0.25, -0.2) is 13.2 Å². The first-order valence-electron chi connectivity index (χ1n) is 9.86. The van der Waals surface area contributed by atoms with Crippen molar-refractivity contribution in [3.8, 4) is 0 Å². The van der Waals surface area contributed by atoms with E-state index in [1.54, 1.807) is 49.4 Å². The van der Waals surface area contributed by atoms with Crippen LogP contribution in [0.25, 0.3) is 0 Å². The summed E-state index contributed by atoms with van der Waals surface area (Å²) in [4.78, 5) is 25.0. The first-order valence-corrected chi connectivity index (χ1v) is 11.3. The molecule has 0 heterocycles. The van der Waals surface area contributed by atoms with Crippen LogP contribution in [0.4, 0.5) is 11.4 Å². The van der Waals surface area contributed by atoms with Crippen molar-refractivity contribution >= 4 is 33.3 Å². The summed E-state index contributed by atoms with van der Waals surface area (Å²) in [6.07, 6.45) is 0. The number of esters is 1. The van der Waals surface area contributed by atoms with E-state index in [4.69, 9.17) is 4.74 Å². The van der Waals surface area contributed by atoms with Gasteiger partial charge in [-0.1, -0.05) is 42.5 Å². The molecule has 0 fully saturated rings. The van der Waals surface area contributed by atoms with Crippen LogP contribution in [0, 0.1) is 13.8 Å². The Morgan fingerprint density at radius 1 is 0.938 bits per heavy atom. The van der Waals surface area contributed by atoms with Gasteiger partial charge in [0.05, 0.1) is 28.9 Å². The number of hydrogen-bond acceptors (Lipinski definition) is 5. The van der Waals surface area contributed by atoms with E-state index in [-0.39, 0.29) is 16.1 Å². The first-order chi connectivity index (χ1) is 15.2. The molecule has 0 spiro atoms. The second kappa shape index (κ2) is 9.65. The molecule has 1 N–H and O–H groups in total. The number of anilines is 2. The van der Waals surface area contributed by atoms with Crippen LogP contribution < -0.4 is 9.62 Å². The molecule has 0 aliphatic rings. The minimum absolute atomic E-state index is 0.0728. The second-order valence-corrected chi connectivity index (χ2v) is 9.06. The van der Waals surface area contributed by atoms with Gasteiger partial charge in [0.15, 0.2) is 0 Å². The molecule has 3 aromatic carbocycles. The van der Waals surface area contributed by atoms with Crippen LogP contribution in [0.5, 0.6) is 0 Å². The van der Waals surface area contributed by atoms with Crippen LogP contribution in [-0.2, 0) is 19.6 Å². The predicted molar refractivity (Wildman–Crippen MR) is 123 cm³/mol. The normalized spacial score (nSPS) is 11.0. The zero-order chi connectivity index (χ0) is 23.3. The fourth-order valence-corrected chi connectivity index (χ4v) is 4.71. The summed E-state index contributed by atoms with van der Waals surface area (Å²) in [5.74, 6) is -1.20. The summed E-state index contributed by atoms with van der Waals surface area (Å²) in [6, 6.07) is 19.7. The summed E-state index contributed by atoms with van der Waals surface area (Å²) in [7, 11) is -2.79. The highest BCUT2D eigenvalue weighted by molar-refractivity contribution is 7.92. The molecule has 0 saturated carbocycles. The van der Waals surface area contributed by atoms with E-state index in [0.717, 1.165) is 9.87 Å². The monoisotopic (exact) mass is 452 g/mol. The molecule has 8 heteroatoms. The number of amides is 1. The van der Waals surface area contributed by atoms with Crippen molar-refractivity contribution in [1.82, 2.24) is 0 Å². The lowest BCUT2D eigenvalue weighted by molar-refractivity contribution is -0.114. The largest absolute Gasteiger partial charge is 0.465 e. The van der Waals surface area contributed by atoms with Crippen LogP contribution in [0.3, 0.4) is 0 Å². The van der Waals surface area contributed by atoms with Crippen molar-refractivity contribution in [3.05, 3.63) is 89.5 Å². The molecule has 0 radical (unpaired) electrons. The molecule has 0 unspecified atom stereocenters. The van der Waals surface area contributed by atoms with E-state index >= 15 is 0 Å². The van der Waals surface area contributed by atoms with Crippen LogP contribution in [0.15, 0.2) is 77.7 Å². The van der Waals surface area contributed by atoms with Gasteiger partial charge < -0.3 is 10.1 Å². The number of methoxy groups -OCH3 is 1. The smallest absolute Gasteiger partial charge is 0.339 e. The van der Waals surface area contributed by atoms with Crippen molar-refractivity contribution < 1.29 is 22.7 Å². The van der Waals surface area contributed by atoms with Crippen molar-refractivity contribution in [2.75, 3.05) is 23.3 Å². The van der Waals surface area contributed by atoms with Crippen LogP contribution >= 0.6 is 0 Å². The maximum Gasteiger partial charge on any atom is 0.339 e. The van der Waals surface area contributed by atoms with Crippen LogP contribution in [-0.4, -0.2) is 33.9 Å². The topological polar surface area (TPSA) is 92.8 Å². The van der Waals surface area contributed by atoms with E-state index in [9.17, 15) is 18.0 Å². The molecule has 32 heavy (non-hydrogen) atoms. The first kappa shape index (κ1) is 23.0. The highest BCUT2D eigenvalue weighted by atomic mass is 32.2. The van der Waals surface area contributed by atoms with Gasteiger partial charge in [-0.05, 0) is 55.3 Å². The Morgan fingerprint density at radius 3 is 2.28 bits per heavy atom. The number of nitrogens with zero attached hydrogens (tertiary/aromatic N) is 1. The maximum atomic E-state index is 13.5. The van der Waals surface area contributed by atoms with Gasteiger partial charge >= 0.3 is 5.97 Å². The standard InChI is InChI=1S/C24H24N2O5S/c1-17-13-14-18(2)22(15-17)26(32(29,30)19-9-5-4-6-10-19)16-23(27)25-21-12-8-7-11-20(21)24(28)31-3/h4-15H,16H2,1-3H3,(H,25,27). The van der Waals surface area contributed by atoms with Gasteiger partial charge in [-0.3, -0.25) is 9.10 Å². The summed E-state index contributed by atoms with van der Waals surface area (Å²) in [5.41, 5.74) is 2.38. The van der Waals surface area contributed by atoms with Gasteiger partial charge in [0.25, 0.3) is 10.0 Å². The zero-order valence-corrected chi connectivity index (χ0v) is 18.8. The Labute approximate surface area is 187 Å². The summed E-state index contributed by atoms with van der Waals surface area (Å²) in [5, 5.41) is 2.64. The molecule has 3 rings (SSSR count). The highest BCUT2D eigenvalue weighted by Gasteiger charge is 2.28. The Morgan fingerprint density at radius 2 is 1.59 bits per heavy atom. The Kier molecular flexibility index (Phi) is 6.95. The lowest BCUT2D eigenvalue weighted by atomic mass is 10.1. The third-order valence-electron chi connectivity index (χ3n) is 4.86.